The lowest BCUT2D eigenvalue weighted by molar-refractivity contribution is 0.0696. The third-order valence-electron chi connectivity index (χ3n) is 4.80. The van der Waals surface area contributed by atoms with Crippen molar-refractivity contribution >= 4 is 23.4 Å². The number of aryl methyl sites for hydroxylation is 2. The molecule has 0 saturated carbocycles. The van der Waals surface area contributed by atoms with E-state index in [0.29, 0.717) is 23.5 Å². The Labute approximate surface area is 184 Å². The summed E-state index contributed by atoms with van der Waals surface area (Å²) >= 11 is 0. The maximum Gasteiger partial charge on any atom is 0.335 e. The van der Waals surface area contributed by atoms with E-state index >= 15 is 0 Å². The summed E-state index contributed by atoms with van der Waals surface area (Å²) in [5, 5.41) is 20.5. The third kappa shape index (κ3) is 7.44. The highest BCUT2D eigenvalue weighted by atomic mass is 16.4. The average Bonchev–Trinajstić information content (AvgIpc) is 2.71. The zero-order valence-corrected chi connectivity index (χ0v) is 19.6. The van der Waals surface area contributed by atoms with Crippen LogP contribution in [-0.2, 0) is 0 Å². The van der Waals surface area contributed by atoms with Crippen molar-refractivity contribution in [2.24, 2.45) is 10.9 Å². The Bertz CT molecular complexity index is 927. The van der Waals surface area contributed by atoms with E-state index in [-0.39, 0.29) is 11.4 Å². The van der Waals surface area contributed by atoms with Gasteiger partial charge in [0.05, 0.1) is 5.56 Å². The quantitative estimate of drug-likeness (QED) is 0.276. The molecule has 0 saturated heterocycles. The number of aromatic carboxylic acids is 1. The van der Waals surface area contributed by atoms with Gasteiger partial charge < -0.3 is 25.8 Å². The SMILES string of the molecule is Cc1cc(C(=O)O)cc(N(C)C(C)C)n1.Cc1cc(C(N)=NO)cc(N(C)C(C)C)n1. The number of amidine groups is 1. The van der Waals surface area contributed by atoms with Gasteiger partial charge in [0.25, 0.3) is 0 Å². The van der Waals surface area contributed by atoms with Crippen molar-refractivity contribution in [1.82, 2.24) is 9.97 Å². The predicted octanol–water partition coefficient (Wildman–Crippen LogP) is 3.26. The molecule has 0 aliphatic rings. The number of oxime groups is 1. The molecule has 0 radical (unpaired) electrons. The van der Waals surface area contributed by atoms with E-state index in [9.17, 15) is 4.79 Å². The summed E-state index contributed by atoms with van der Waals surface area (Å²) < 4.78 is 0. The molecule has 170 valence electrons. The maximum absolute atomic E-state index is 10.9. The highest BCUT2D eigenvalue weighted by molar-refractivity contribution is 5.97. The predicted molar refractivity (Wildman–Crippen MR) is 124 cm³/mol. The van der Waals surface area contributed by atoms with Crippen molar-refractivity contribution in [2.45, 2.75) is 53.6 Å². The summed E-state index contributed by atoms with van der Waals surface area (Å²) in [7, 11) is 3.86. The molecule has 0 fully saturated rings. The highest BCUT2D eigenvalue weighted by Crippen LogP contribution is 2.16. The number of nitrogens with zero attached hydrogens (tertiary/aromatic N) is 5. The van der Waals surface area contributed by atoms with E-state index in [1.165, 1.54) is 0 Å². The molecular formula is C22H34N6O3. The first-order chi connectivity index (χ1) is 14.4. The number of carboxylic acids is 1. The fourth-order valence-electron chi connectivity index (χ4n) is 2.52. The molecule has 0 unspecified atom stereocenters. The van der Waals surface area contributed by atoms with Crippen LogP contribution >= 0.6 is 0 Å². The van der Waals surface area contributed by atoms with Crippen LogP contribution in [0.25, 0.3) is 0 Å². The fraction of sp³-hybridized carbons (Fsp3) is 0.455. The molecule has 0 bridgehead atoms. The van der Waals surface area contributed by atoms with Gasteiger partial charge in [-0.25, -0.2) is 14.8 Å². The molecule has 9 heteroatoms. The number of anilines is 2. The number of pyridine rings is 2. The third-order valence-corrected chi connectivity index (χ3v) is 4.80. The van der Waals surface area contributed by atoms with Crippen molar-refractivity contribution in [3.05, 3.63) is 46.8 Å². The van der Waals surface area contributed by atoms with E-state index in [1.807, 2.05) is 50.7 Å². The molecule has 2 heterocycles. The van der Waals surface area contributed by atoms with Gasteiger partial charge in [-0.3, -0.25) is 0 Å². The summed E-state index contributed by atoms with van der Waals surface area (Å²) in [6, 6.07) is 7.39. The Morgan fingerprint density at radius 1 is 0.903 bits per heavy atom. The molecule has 31 heavy (non-hydrogen) atoms. The molecule has 9 nitrogen and oxygen atoms in total. The van der Waals surface area contributed by atoms with E-state index in [1.54, 1.807) is 25.1 Å². The molecule has 4 N–H and O–H groups in total. The molecule has 2 aromatic heterocycles. The van der Waals surface area contributed by atoms with Crippen molar-refractivity contribution in [3.8, 4) is 0 Å². The van der Waals surface area contributed by atoms with Crippen LogP contribution in [0.15, 0.2) is 29.4 Å². The number of rotatable bonds is 6. The van der Waals surface area contributed by atoms with Crippen molar-refractivity contribution < 1.29 is 15.1 Å². The Kier molecular flexibility index (Phi) is 9.23. The molecule has 0 aromatic carbocycles. The summed E-state index contributed by atoms with van der Waals surface area (Å²) in [5.74, 6) is 0.696. The van der Waals surface area contributed by atoms with Crippen LogP contribution in [-0.4, -0.2) is 58.3 Å². The Hall–Kier alpha value is -3.36. The minimum absolute atomic E-state index is 0.101. The van der Waals surface area contributed by atoms with Gasteiger partial charge in [0, 0.05) is 43.1 Å². The second kappa shape index (κ2) is 11.1. The number of aromatic nitrogens is 2. The fourth-order valence-corrected chi connectivity index (χ4v) is 2.52. The molecule has 0 spiro atoms. The smallest absolute Gasteiger partial charge is 0.335 e. The molecule has 0 amide bonds. The highest BCUT2D eigenvalue weighted by Gasteiger charge is 2.12. The van der Waals surface area contributed by atoms with Gasteiger partial charge in [-0.15, -0.1) is 0 Å². The number of hydrogen-bond acceptors (Lipinski definition) is 7. The number of hydrogen-bond donors (Lipinski definition) is 3. The number of carboxylic acid groups (broad SMARTS) is 1. The largest absolute Gasteiger partial charge is 0.478 e. The van der Waals surface area contributed by atoms with Crippen LogP contribution in [0, 0.1) is 13.8 Å². The first kappa shape index (κ1) is 25.7. The lowest BCUT2D eigenvalue weighted by Crippen LogP contribution is -2.27. The first-order valence-corrected chi connectivity index (χ1v) is 10.0. The van der Waals surface area contributed by atoms with Gasteiger partial charge >= 0.3 is 5.97 Å². The lowest BCUT2D eigenvalue weighted by atomic mass is 10.2. The van der Waals surface area contributed by atoms with Gasteiger partial charge in [-0.2, -0.15) is 0 Å². The molecule has 0 atom stereocenters. The van der Waals surface area contributed by atoms with Crippen LogP contribution in [0.3, 0.4) is 0 Å². The van der Waals surface area contributed by atoms with Crippen LogP contribution in [0.4, 0.5) is 11.6 Å². The molecule has 2 aromatic rings. The second-order valence-electron chi connectivity index (χ2n) is 7.91. The first-order valence-electron chi connectivity index (χ1n) is 10.0. The standard InChI is InChI=1S/C11H18N4O.C11H16N2O2/c1-7(2)15(4)10-6-9(11(12)14-16)5-8(3)13-10;1-7(2)13(4)10-6-9(11(14)15)5-8(3)12-10/h5-7,16H,1-4H3,(H2,12,14);5-7H,1-4H3,(H,14,15). The van der Waals surface area contributed by atoms with Crippen LogP contribution < -0.4 is 15.5 Å². The van der Waals surface area contributed by atoms with Gasteiger partial charge in [0.15, 0.2) is 5.84 Å². The lowest BCUT2D eigenvalue weighted by Gasteiger charge is -2.23. The van der Waals surface area contributed by atoms with E-state index in [2.05, 4.69) is 29.0 Å². The summed E-state index contributed by atoms with van der Waals surface area (Å²) in [5.41, 5.74) is 8.08. The Morgan fingerprint density at radius 2 is 1.29 bits per heavy atom. The van der Waals surface area contributed by atoms with Crippen LogP contribution in [0.5, 0.6) is 0 Å². The number of nitrogens with two attached hydrogens (primary N) is 1. The molecule has 2 rings (SSSR count). The van der Waals surface area contributed by atoms with Crippen molar-refractivity contribution in [3.63, 3.8) is 0 Å². The molecule has 0 aliphatic carbocycles. The van der Waals surface area contributed by atoms with Gasteiger partial charge in [0.1, 0.15) is 11.6 Å². The Morgan fingerprint density at radius 3 is 1.65 bits per heavy atom. The van der Waals surface area contributed by atoms with E-state index in [4.69, 9.17) is 16.0 Å². The zero-order chi connectivity index (χ0) is 23.9. The van der Waals surface area contributed by atoms with Crippen LogP contribution in [0.1, 0.15) is 55.0 Å². The zero-order valence-electron chi connectivity index (χ0n) is 19.6. The van der Waals surface area contributed by atoms with Crippen molar-refractivity contribution in [1.29, 1.82) is 0 Å². The minimum atomic E-state index is -0.918. The maximum atomic E-state index is 10.9. The van der Waals surface area contributed by atoms with Crippen LogP contribution in [0.2, 0.25) is 0 Å². The summed E-state index contributed by atoms with van der Waals surface area (Å²) in [6.45, 7) is 11.9. The topological polar surface area (TPSA) is 128 Å². The summed E-state index contributed by atoms with van der Waals surface area (Å²) in [4.78, 5) is 23.5. The van der Waals surface area contributed by atoms with E-state index in [0.717, 1.165) is 17.2 Å². The van der Waals surface area contributed by atoms with Gasteiger partial charge in [-0.05, 0) is 65.8 Å². The summed E-state index contributed by atoms with van der Waals surface area (Å²) in [6.07, 6.45) is 0. The average molecular weight is 431 g/mol. The minimum Gasteiger partial charge on any atom is -0.478 e. The van der Waals surface area contributed by atoms with Crippen molar-refractivity contribution in [2.75, 3.05) is 23.9 Å². The van der Waals surface area contributed by atoms with E-state index < -0.39 is 5.97 Å². The molecule has 0 aliphatic heterocycles. The van der Waals surface area contributed by atoms with Gasteiger partial charge in [0.2, 0.25) is 0 Å². The van der Waals surface area contributed by atoms with Gasteiger partial charge in [-0.1, -0.05) is 5.16 Å². The number of carbonyl (C=O) groups is 1. The second-order valence-corrected chi connectivity index (χ2v) is 7.91. The normalized spacial score (nSPS) is 11.2. The molecular weight excluding hydrogens is 396 g/mol. The Balaban J connectivity index is 0.000000311. The monoisotopic (exact) mass is 430 g/mol.